The molecule has 0 fully saturated rings. The number of thioether (sulfide) groups is 1. The Balaban J connectivity index is 4.68. The van der Waals surface area contributed by atoms with E-state index in [1.54, 1.807) is 0 Å². The first-order valence-electron chi connectivity index (χ1n) is 5.89. The van der Waals surface area contributed by atoms with Gasteiger partial charge in [-0.3, -0.25) is 10.1 Å². The molecule has 0 bridgehead atoms. The Labute approximate surface area is 118 Å². The Morgan fingerprint density at radius 1 is 1.33 bits per heavy atom. The number of nitrogens with two attached hydrogens (primary N) is 1. The van der Waals surface area contributed by atoms with Crippen molar-refractivity contribution >= 4 is 40.2 Å². The number of hydrogen-bond donors (Lipinski definition) is 2. The second-order valence-electron chi connectivity index (χ2n) is 4.07. The van der Waals surface area contributed by atoms with Gasteiger partial charge in [0.25, 0.3) is 0 Å². The minimum absolute atomic E-state index is 0.0582. The van der Waals surface area contributed by atoms with Gasteiger partial charge in [0.05, 0.1) is 5.25 Å². The summed E-state index contributed by atoms with van der Waals surface area (Å²) >= 11 is 6.59. The Hall–Kier alpha value is -0.820. The maximum atomic E-state index is 11.8. The molecule has 5 nitrogen and oxygen atoms in total. The van der Waals surface area contributed by atoms with Crippen LogP contribution in [-0.4, -0.2) is 39.5 Å². The van der Waals surface area contributed by atoms with Gasteiger partial charge in [0, 0.05) is 13.1 Å². The quantitative estimate of drug-likeness (QED) is 0.752. The molecule has 0 aromatic carbocycles. The Morgan fingerprint density at radius 3 is 2.17 bits per heavy atom. The molecule has 0 aliphatic rings. The summed E-state index contributed by atoms with van der Waals surface area (Å²) in [5, 5.41) is 1.69. The summed E-state index contributed by atoms with van der Waals surface area (Å²) in [5.74, 6) is -0.333. The molecule has 0 radical (unpaired) electrons. The summed E-state index contributed by atoms with van der Waals surface area (Å²) in [6, 6.07) is -0.833. The molecule has 0 spiro atoms. The average Bonchev–Trinajstić information content (AvgIpc) is 2.25. The number of primary amides is 1. The number of imide groups is 1. The van der Waals surface area contributed by atoms with Crippen LogP contribution in [0.5, 0.6) is 0 Å². The van der Waals surface area contributed by atoms with E-state index in [4.69, 9.17) is 18.0 Å². The van der Waals surface area contributed by atoms with Crippen molar-refractivity contribution in [2.75, 3.05) is 13.1 Å². The fourth-order valence-corrected chi connectivity index (χ4v) is 2.98. The average molecular weight is 291 g/mol. The number of urea groups is 1. The molecule has 0 rings (SSSR count). The molecule has 7 heteroatoms. The van der Waals surface area contributed by atoms with Crippen molar-refractivity contribution in [2.24, 2.45) is 11.7 Å². The lowest BCUT2D eigenvalue weighted by Gasteiger charge is -2.25. The van der Waals surface area contributed by atoms with Crippen LogP contribution in [0.3, 0.4) is 0 Å². The molecule has 3 N–H and O–H groups in total. The van der Waals surface area contributed by atoms with Gasteiger partial charge < -0.3 is 10.6 Å². The normalized spacial score (nSPS) is 12.1. The van der Waals surface area contributed by atoms with Gasteiger partial charge in [-0.05, 0) is 19.8 Å². The van der Waals surface area contributed by atoms with E-state index in [2.05, 4.69) is 5.32 Å². The van der Waals surface area contributed by atoms with Crippen molar-refractivity contribution in [3.63, 3.8) is 0 Å². The molecule has 0 unspecified atom stereocenters. The van der Waals surface area contributed by atoms with Gasteiger partial charge in [0.15, 0.2) is 0 Å². The SMILES string of the molecule is CCN(CC)C(=S)S[C@H](C(=O)NC(N)=O)C(C)C. The summed E-state index contributed by atoms with van der Waals surface area (Å²) in [6.45, 7) is 9.41. The van der Waals surface area contributed by atoms with Gasteiger partial charge in [-0.15, -0.1) is 0 Å². The number of nitrogens with one attached hydrogen (secondary N) is 1. The van der Waals surface area contributed by atoms with Crippen LogP contribution < -0.4 is 11.1 Å². The standard InChI is InChI=1S/C11H21N3O2S2/c1-5-14(6-2)11(17)18-8(7(3)4)9(15)13-10(12)16/h7-8H,5-6H2,1-4H3,(H3,12,13,15,16)/t8-/m0/s1. The predicted octanol–water partition coefficient (Wildman–Crippen LogP) is 1.57. The highest BCUT2D eigenvalue weighted by molar-refractivity contribution is 8.23. The third-order valence-corrected chi connectivity index (χ3v) is 4.38. The van der Waals surface area contributed by atoms with E-state index in [1.165, 1.54) is 11.8 Å². The first-order chi connectivity index (χ1) is 8.33. The van der Waals surface area contributed by atoms with Crippen molar-refractivity contribution in [2.45, 2.75) is 32.9 Å². The van der Waals surface area contributed by atoms with E-state index < -0.39 is 17.2 Å². The summed E-state index contributed by atoms with van der Waals surface area (Å²) < 4.78 is 0.665. The molecule has 0 aromatic rings. The summed E-state index contributed by atoms with van der Waals surface area (Å²) in [7, 11) is 0. The van der Waals surface area contributed by atoms with E-state index in [9.17, 15) is 9.59 Å². The van der Waals surface area contributed by atoms with E-state index in [0.717, 1.165) is 13.1 Å². The van der Waals surface area contributed by atoms with Gasteiger partial charge in [-0.25, -0.2) is 4.79 Å². The number of rotatable bonds is 5. The molecule has 1 atom stereocenters. The van der Waals surface area contributed by atoms with E-state index in [1.807, 2.05) is 32.6 Å². The van der Waals surface area contributed by atoms with Crippen LogP contribution in [0.1, 0.15) is 27.7 Å². The lowest BCUT2D eigenvalue weighted by molar-refractivity contribution is -0.120. The van der Waals surface area contributed by atoms with Crippen LogP contribution in [0.2, 0.25) is 0 Å². The van der Waals surface area contributed by atoms with Gasteiger partial charge in [-0.1, -0.05) is 37.8 Å². The molecule has 0 aliphatic heterocycles. The highest BCUT2D eigenvalue weighted by Gasteiger charge is 2.26. The molecule has 104 valence electrons. The van der Waals surface area contributed by atoms with E-state index >= 15 is 0 Å². The fraction of sp³-hybridized carbons (Fsp3) is 0.727. The molecular formula is C11H21N3O2S2. The lowest BCUT2D eigenvalue weighted by Crippen LogP contribution is -2.43. The van der Waals surface area contributed by atoms with Gasteiger partial charge >= 0.3 is 6.03 Å². The number of carbonyl (C=O) groups is 2. The third kappa shape index (κ3) is 5.68. The second kappa shape index (κ2) is 8.31. The first-order valence-corrected chi connectivity index (χ1v) is 7.18. The largest absolute Gasteiger partial charge is 0.358 e. The Bertz CT molecular complexity index is 317. The summed E-state index contributed by atoms with van der Waals surface area (Å²) in [4.78, 5) is 24.5. The molecule has 0 saturated carbocycles. The molecule has 0 aliphatic carbocycles. The number of hydrogen-bond acceptors (Lipinski definition) is 4. The zero-order chi connectivity index (χ0) is 14.3. The Kier molecular flexibility index (Phi) is 7.93. The molecule has 0 aromatic heterocycles. The van der Waals surface area contributed by atoms with E-state index in [0.29, 0.717) is 4.32 Å². The van der Waals surface area contributed by atoms with Crippen LogP contribution in [0.4, 0.5) is 4.79 Å². The monoisotopic (exact) mass is 291 g/mol. The van der Waals surface area contributed by atoms with Gasteiger partial charge in [-0.2, -0.15) is 0 Å². The third-order valence-electron chi connectivity index (χ3n) is 2.36. The van der Waals surface area contributed by atoms with Crippen LogP contribution in [0.15, 0.2) is 0 Å². The molecule has 18 heavy (non-hydrogen) atoms. The smallest absolute Gasteiger partial charge is 0.318 e. The molecule has 0 saturated heterocycles. The minimum atomic E-state index is -0.833. The van der Waals surface area contributed by atoms with Crippen molar-refractivity contribution in [3.8, 4) is 0 Å². The van der Waals surface area contributed by atoms with Crippen LogP contribution in [0, 0.1) is 5.92 Å². The minimum Gasteiger partial charge on any atom is -0.358 e. The first kappa shape index (κ1) is 17.2. The number of nitrogens with zero attached hydrogens (tertiary/aromatic N) is 1. The van der Waals surface area contributed by atoms with Gasteiger partial charge in [0.2, 0.25) is 5.91 Å². The van der Waals surface area contributed by atoms with Crippen LogP contribution in [-0.2, 0) is 4.79 Å². The fourth-order valence-electron chi connectivity index (χ4n) is 1.35. The number of thiocarbonyl (C=S) groups is 1. The zero-order valence-electron chi connectivity index (χ0n) is 11.2. The predicted molar refractivity (Wildman–Crippen MR) is 79.5 cm³/mol. The van der Waals surface area contributed by atoms with Crippen LogP contribution >= 0.6 is 24.0 Å². The maximum Gasteiger partial charge on any atom is 0.318 e. The summed E-state index contributed by atoms with van der Waals surface area (Å²) in [6.07, 6.45) is 0. The molecule has 3 amide bonds. The van der Waals surface area contributed by atoms with Crippen molar-refractivity contribution in [3.05, 3.63) is 0 Å². The van der Waals surface area contributed by atoms with Crippen molar-refractivity contribution < 1.29 is 9.59 Å². The highest BCUT2D eigenvalue weighted by atomic mass is 32.2. The zero-order valence-corrected chi connectivity index (χ0v) is 12.9. The van der Waals surface area contributed by atoms with Crippen LogP contribution in [0.25, 0.3) is 0 Å². The van der Waals surface area contributed by atoms with Gasteiger partial charge in [0.1, 0.15) is 4.32 Å². The number of carbonyl (C=O) groups excluding carboxylic acids is 2. The number of amides is 3. The lowest BCUT2D eigenvalue weighted by atomic mass is 10.1. The topological polar surface area (TPSA) is 75.4 Å². The summed E-state index contributed by atoms with van der Waals surface area (Å²) in [5.41, 5.74) is 4.95. The van der Waals surface area contributed by atoms with Crippen molar-refractivity contribution in [1.29, 1.82) is 0 Å². The molecular weight excluding hydrogens is 270 g/mol. The maximum absolute atomic E-state index is 11.8. The second-order valence-corrected chi connectivity index (χ2v) is 5.85. The molecule has 0 heterocycles. The highest BCUT2D eigenvalue weighted by Crippen LogP contribution is 2.23. The Morgan fingerprint density at radius 2 is 1.83 bits per heavy atom. The van der Waals surface area contributed by atoms with E-state index in [-0.39, 0.29) is 5.92 Å². The van der Waals surface area contributed by atoms with Crippen molar-refractivity contribution in [1.82, 2.24) is 10.2 Å².